The van der Waals surface area contributed by atoms with Gasteiger partial charge in [0.05, 0.1) is 9.97 Å². The summed E-state index contributed by atoms with van der Waals surface area (Å²) >= 11 is 2.32. The zero-order valence-electron chi connectivity index (χ0n) is 17.4. The average molecular weight is 511 g/mol. The van der Waals surface area contributed by atoms with Gasteiger partial charge in [0, 0.05) is 18.8 Å². The van der Waals surface area contributed by atoms with Gasteiger partial charge in [0.15, 0.2) is 0 Å². The summed E-state index contributed by atoms with van der Waals surface area (Å²) in [7, 11) is 0. The zero-order valence-corrected chi connectivity index (χ0v) is 19.6. The Morgan fingerprint density at radius 1 is 0.897 bits per heavy atom. The highest BCUT2D eigenvalue weighted by atomic mass is 127. The molecule has 6 heteroatoms. The quantitative estimate of drug-likeness (QED) is 0.411. The molecule has 4 rings (SSSR count). The van der Waals surface area contributed by atoms with Gasteiger partial charge in [-0.2, -0.15) is 0 Å². The molecule has 3 aliphatic rings. The fourth-order valence-electron chi connectivity index (χ4n) is 4.89. The van der Waals surface area contributed by atoms with E-state index in [1.54, 1.807) is 0 Å². The Hall–Kier alpha value is -0.860. The van der Waals surface area contributed by atoms with Crippen LogP contribution in [-0.4, -0.2) is 71.5 Å². The number of alkyl halides is 1. The maximum Gasteiger partial charge on any atom is 0.240 e. The minimum absolute atomic E-state index is 0.0860. The van der Waals surface area contributed by atoms with Crippen LogP contribution in [-0.2, 0) is 4.79 Å². The van der Waals surface area contributed by atoms with Crippen LogP contribution in [0.4, 0.5) is 5.69 Å². The van der Waals surface area contributed by atoms with E-state index in [0.717, 1.165) is 37.6 Å². The van der Waals surface area contributed by atoms with Crippen molar-refractivity contribution in [3.8, 4) is 5.75 Å². The molecule has 0 bridgehead atoms. The van der Waals surface area contributed by atoms with Gasteiger partial charge in [-0.3, -0.25) is 9.69 Å². The minimum atomic E-state index is 0.0860. The minimum Gasteiger partial charge on any atom is -0.492 e. The fraction of sp³-hybridized carbons (Fsp3) is 0.696. The average Bonchev–Trinajstić information content (AvgIpc) is 3.03. The maximum absolute atomic E-state index is 12.9. The number of hydrogen-bond acceptors (Lipinski definition) is 4. The summed E-state index contributed by atoms with van der Waals surface area (Å²) in [6.45, 7) is 7.49. The highest BCUT2D eigenvalue weighted by molar-refractivity contribution is 14.1. The summed E-state index contributed by atoms with van der Waals surface area (Å²) < 4.78 is 6.05. The largest absolute Gasteiger partial charge is 0.492 e. The second kappa shape index (κ2) is 10.4. The van der Waals surface area contributed by atoms with Crippen LogP contribution in [0, 0.1) is 0 Å². The van der Waals surface area contributed by atoms with Gasteiger partial charge >= 0.3 is 0 Å². The molecule has 1 amide bonds. The Bertz CT molecular complexity index is 657. The number of carbonyl (C=O) groups is 1. The number of benzene rings is 1. The first kappa shape index (κ1) is 21.4. The van der Waals surface area contributed by atoms with Crippen molar-refractivity contribution in [1.82, 2.24) is 9.80 Å². The van der Waals surface area contributed by atoms with Gasteiger partial charge in [0.25, 0.3) is 0 Å². The zero-order chi connectivity index (χ0) is 20.1. The Morgan fingerprint density at radius 3 is 2.17 bits per heavy atom. The first-order valence-electron chi connectivity index (χ1n) is 11.4. The lowest BCUT2D eigenvalue weighted by Gasteiger charge is -2.33. The predicted molar refractivity (Wildman–Crippen MR) is 126 cm³/mol. The monoisotopic (exact) mass is 511 g/mol. The lowest BCUT2D eigenvalue weighted by molar-refractivity contribution is -0.116. The molecule has 3 saturated heterocycles. The summed E-state index contributed by atoms with van der Waals surface area (Å²) in [5.74, 6) is 1.15. The predicted octanol–water partition coefficient (Wildman–Crippen LogP) is 3.95. The number of anilines is 1. The Kier molecular flexibility index (Phi) is 7.70. The number of ether oxygens (including phenoxy) is 1. The molecule has 0 aliphatic carbocycles. The highest BCUT2D eigenvalue weighted by Gasteiger charge is 2.39. The molecule has 3 fully saturated rings. The lowest BCUT2D eigenvalue weighted by atomic mass is 10.1. The van der Waals surface area contributed by atoms with Crippen LogP contribution in [0.1, 0.15) is 44.9 Å². The maximum atomic E-state index is 12.9. The van der Waals surface area contributed by atoms with Crippen molar-refractivity contribution in [2.45, 2.75) is 54.9 Å². The van der Waals surface area contributed by atoms with E-state index in [2.05, 4.69) is 44.5 Å². The molecule has 2 atom stereocenters. The normalized spacial score (nSPS) is 26.8. The first-order chi connectivity index (χ1) is 14.2. The van der Waals surface area contributed by atoms with Crippen molar-refractivity contribution in [3.05, 3.63) is 24.3 Å². The standard InChI is InChI=1S/C23H34IN3O2/c24-22-17-20(18-26-13-5-2-6-14-26)27(23(22)28)19-7-9-21(10-8-19)29-16-15-25-11-3-1-4-12-25/h7-10,20,22H,1-6,11-18H2/t20-,22?/m0/s1. The smallest absolute Gasteiger partial charge is 0.240 e. The van der Waals surface area contributed by atoms with Crippen LogP contribution in [0.25, 0.3) is 0 Å². The van der Waals surface area contributed by atoms with Crippen LogP contribution in [0.5, 0.6) is 5.75 Å². The molecule has 1 aromatic carbocycles. The molecule has 0 aromatic heterocycles. The van der Waals surface area contributed by atoms with Crippen LogP contribution >= 0.6 is 22.6 Å². The van der Waals surface area contributed by atoms with Gasteiger partial charge in [-0.1, -0.05) is 35.4 Å². The van der Waals surface area contributed by atoms with E-state index < -0.39 is 0 Å². The third-order valence-electron chi connectivity index (χ3n) is 6.51. The molecule has 5 nitrogen and oxygen atoms in total. The Morgan fingerprint density at radius 2 is 1.52 bits per heavy atom. The van der Waals surface area contributed by atoms with Crippen LogP contribution in [0.3, 0.4) is 0 Å². The second-order valence-electron chi connectivity index (χ2n) is 8.67. The summed E-state index contributed by atoms with van der Waals surface area (Å²) in [5, 5.41) is 0. The van der Waals surface area contributed by atoms with E-state index in [9.17, 15) is 4.79 Å². The number of nitrogens with zero attached hydrogens (tertiary/aromatic N) is 3. The summed E-state index contributed by atoms with van der Waals surface area (Å²) in [4.78, 5) is 19.9. The Labute approximate surface area is 188 Å². The summed E-state index contributed by atoms with van der Waals surface area (Å²) in [5.41, 5.74) is 1.01. The fourth-order valence-corrected chi connectivity index (χ4v) is 5.78. The number of piperidine rings is 2. The molecule has 0 N–H and O–H groups in total. The van der Waals surface area contributed by atoms with E-state index in [1.807, 2.05) is 17.0 Å². The molecule has 29 heavy (non-hydrogen) atoms. The van der Waals surface area contributed by atoms with Crippen molar-refractivity contribution in [2.24, 2.45) is 0 Å². The van der Waals surface area contributed by atoms with Gasteiger partial charge in [-0.15, -0.1) is 0 Å². The number of carbonyl (C=O) groups excluding carboxylic acids is 1. The number of rotatable bonds is 7. The number of hydrogen-bond donors (Lipinski definition) is 0. The molecule has 1 unspecified atom stereocenters. The topological polar surface area (TPSA) is 36.0 Å². The van der Waals surface area contributed by atoms with Crippen LogP contribution < -0.4 is 9.64 Å². The van der Waals surface area contributed by atoms with Gasteiger partial charge in [0.2, 0.25) is 5.91 Å². The molecule has 0 radical (unpaired) electrons. The molecule has 3 aliphatic heterocycles. The Balaban J connectivity index is 1.33. The molecular formula is C23H34IN3O2. The van der Waals surface area contributed by atoms with Crippen molar-refractivity contribution in [3.63, 3.8) is 0 Å². The van der Waals surface area contributed by atoms with Gasteiger partial charge in [-0.05, 0) is 82.5 Å². The van der Waals surface area contributed by atoms with Crippen molar-refractivity contribution >= 4 is 34.2 Å². The van der Waals surface area contributed by atoms with Gasteiger partial charge in [0.1, 0.15) is 12.4 Å². The molecule has 160 valence electrons. The van der Waals surface area contributed by atoms with Crippen LogP contribution in [0.2, 0.25) is 0 Å². The molecular weight excluding hydrogens is 477 g/mol. The van der Waals surface area contributed by atoms with Crippen molar-refractivity contribution < 1.29 is 9.53 Å². The number of halogens is 1. The third-order valence-corrected chi connectivity index (χ3v) is 7.55. The van der Waals surface area contributed by atoms with Crippen LogP contribution in [0.15, 0.2) is 24.3 Å². The first-order valence-corrected chi connectivity index (χ1v) is 12.6. The van der Waals surface area contributed by atoms with E-state index in [1.165, 1.54) is 64.7 Å². The number of amides is 1. The SMILES string of the molecule is O=C1C(I)C[C@@H](CN2CCCCC2)N1c1ccc(OCCN2CCCCC2)cc1. The van der Waals surface area contributed by atoms with Crippen molar-refractivity contribution in [2.75, 3.05) is 50.8 Å². The van der Waals surface area contributed by atoms with Crippen molar-refractivity contribution in [1.29, 1.82) is 0 Å². The highest BCUT2D eigenvalue weighted by Crippen LogP contribution is 2.32. The second-order valence-corrected chi connectivity index (χ2v) is 10.2. The third kappa shape index (κ3) is 5.64. The molecule has 1 aromatic rings. The van der Waals surface area contributed by atoms with E-state index in [-0.39, 0.29) is 15.9 Å². The van der Waals surface area contributed by atoms with E-state index in [0.29, 0.717) is 0 Å². The molecule has 0 spiro atoms. The summed E-state index contributed by atoms with van der Waals surface area (Å²) in [6, 6.07) is 8.46. The lowest BCUT2D eigenvalue weighted by Crippen LogP contribution is -2.43. The molecule has 0 saturated carbocycles. The summed E-state index contributed by atoms with van der Waals surface area (Å²) in [6.07, 6.45) is 8.87. The van der Waals surface area contributed by atoms with E-state index >= 15 is 0 Å². The van der Waals surface area contributed by atoms with Gasteiger partial charge in [-0.25, -0.2) is 0 Å². The molecule has 3 heterocycles. The van der Waals surface area contributed by atoms with Gasteiger partial charge < -0.3 is 14.5 Å². The van der Waals surface area contributed by atoms with E-state index in [4.69, 9.17) is 4.74 Å². The number of likely N-dealkylation sites (tertiary alicyclic amines) is 2.